The summed E-state index contributed by atoms with van der Waals surface area (Å²) in [4.78, 5) is 26.8. The van der Waals surface area contributed by atoms with Crippen molar-refractivity contribution >= 4 is 33.3 Å². The summed E-state index contributed by atoms with van der Waals surface area (Å²) < 4.78 is 26.9. The zero-order valence-corrected chi connectivity index (χ0v) is 18.7. The number of carbonyl (C=O) groups is 2. The number of urea groups is 1. The maximum Gasteiger partial charge on any atom is 0.321 e. The number of nitrogens with zero attached hydrogens (tertiary/aromatic N) is 1. The van der Waals surface area contributed by atoms with Crippen LogP contribution in [0.15, 0.2) is 66.1 Å². The molecule has 0 atom stereocenters. The molecule has 0 radical (unpaired) electrons. The number of benzene rings is 2. The van der Waals surface area contributed by atoms with E-state index in [1.165, 1.54) is 30.3 Å². The lowest BCUT2D eigenvalue weighted by Crippen LogP contribution is -2.35. The second-order valence-electron chi connectivity index (χ2n) is 7.53. The summed E-state index contributed by atoms with van der Waals surface area (Å²) in [5.74, 6) is -0.438. The number of anilines is 2. The third kappa shape index (κ3) is 6.41. The molecule has 0 bridgehead atoms. The quantitative estimate of drug-likeness (QED) is 0.551. The van der Waals surface area contributed by atoms with Gasteiger partial charge in [0.1, 0.15) is 0 Å². The molecule has 1 fully saturated rings. The lowest BCUT2D eigenvalue weighted by atomic mass is 10.2. The molecule has 3 amide bonds. The minimum Gasteiger partial charge on any atom is -0.325 e. The van der Waals surface area contributed by atoms with Crippen LogP contribution in [0.5, 0.6) is 0 Å². The second kappa shape index (κ2) is 10.9. The van der Waals surface area contributed by atoms with Crippen LogP contribution < -0.4 is 15.4 Å². The molecular weight excluding hydrogens is 428 g/mol. The molecule has 9 heteroatoms. The van der Waals surface area contributed by atoms with Crippen LogP contribution in [0.2, 0.25) is 0 Å². The second-order valence-corrected chi connectivity index (χ2v) is 9.30. The average Bonchev–Trinajstić information content (AvgIpc) is 3.09. The largest absolute Gasteiger partial charge is 0.325 e. The van der Waals surface area contributed by atoms with Crippen LogP contribution in [-0.2, 0) is 10.0 Å². The Kier molecular flexibility index (Phi) is 8.02. The summed E-state index contributed by atoms with van der Waals surface area (Å²) in [5, 5.41) is 5.62. The van der Waals surface area contributed by atoms with Gasteiger partial charge in [-0.15, -0.1) is 6.58 Å². The number of likely N-dealkylation sites (tertiary alicyclic amines) is 1. The molecule has 0 saturated carbocycles. The first-order valence-electron chi connectivity index (χ1n) is 10.6. The first kappa shape index (κ1) is 23.5. The fourth-order valence-corrected chi connectivity index (χ4v) is 4.42. The van der Waals surface area contributed by atoms with Crippen molar-refractivity contribution in [2.24, 2.45) is 0 Å². The van der Waals surface area contributed by atoms with E-state index in [1.807, 2.05) is 4.90 Å². The Labute approximate surface area is 188 Å². The predicted molar refractivity (Wildman–Crippen MR) is 125 cm³/mol. The van der Waals surface area contributed by atoms with Gasteiger partial charge in [-0.3, -0.25) is 4.79 Å². The smallest absolute Gasteiger partial charge is 0.321 e. The van der Waals surface area contributed by atoms with E-state index in [4.69, 9.17) is 0 Å². The highest BCUT2D eigenvalue weighted by atomic mass is 32.2. The van der Waals surface area contributed by atoms with Gasteiger partial charge in [-0.1, -0.05) is 25.0 Å². The molecule has 8 nitrogen and oxygen atoms in total. The van der Waals surface area contributed by atoms with Crippen molar-refractivity contribution in [1.29, 1.82) is 0 Å². The molecule has 32 heavy (non-hydrogen) atoms. The van der Waals surface area contributed by atoms with Gasteiger partial charge in [-0.2, -0.15) is 0 Å². The van der Waals surface area contributed by atoms with E-state index in [0.29, 0.717) is 11.4 Å². The zero-order valence-electron chi connectivity index (χ0n) is 17.8. The van der Waals surface area contributed by atoms with Crippen molar-refractivity contribution in [3.63, 3.8) is 0 Å². The van der Waals surface area contributed by atoms with Gasteiger partial charge in [-0.25, -0.2) is 17.9 Å². The molecule has 0 aliphatic carbocycles. The molecular formula is C23H28N4O4S. The molecule has 0 unspecified atom stereocenters. The Balaban J connectivity index is 1.61. The molecule has 3 N–H and O–H groups in total. The standard InChI is InChI=1S/C23H28N4O4S/c1-2-14-24-32(30,31)21-9-7-8-18(17-21)22(28)25-19-10-12-20(13-11-19)26-23(29)27-15-5-3-4-6-16-27/h2,7-13,17,24H,1,3-6,14-16H2,(H,25,28)(H,26,29). The summed E-state index contributed by atoms with van der Waals surface area (Å²) in [6.45, 7) is 5.10. The van der Waals surface area contributed by atoms with E-state index in [9.17, 15) is 18.0 Å². The van der Waals surface area contributed by atoms with Crippen molar-refractivity contribution in [2.45, 2.75) is 30.6 Å². The Morgan fingerprint density at radius 2 is 1.56 bits per heavy atom. The van der Waals surface area contributed by atoms with E-state index in [0.717, 1.165) is 38.8 Å². The van der Waals surface area contributed by atoms with Crippen LogP contribution in [0.25, 0.3) is 0 Å². The minimum absolute atomic E-state index is 0.00132. The molecule has 3 rings (SSSR count). The van der Waals surface area contributed by atoms with Gasteiger partial charge in [-0.05, 0) is 55.3 Å². The molecule has 1 aliphatic heterocycles. The first-order chi connectivity index (χ1) is 15.4. The fourth-order valence-electron chi connectivity index (χ4n) is 3.37. The highest BCUT2D eigenvalue weighted by molar-refractivity contribution is 7.89. The number of hydrogen-bond acceptors (Lipinski definition) is 4. The van der Waals surface area contributed by atoms with Gasteiger partial charge in [0.05, 0.1) is 4.90 Å². The molecule has 2 aromatic rings. The summed E-state index contributed by atoms with van der Waals surface area (Å²) in [6, 6.07) is 12.5. The Morgan fingerprint density at radius 1 is 0.938 bits per heavy atom. The Hall–Kier alpha value is -3.17. The number of carbonyl (C=O) groups excluding carboxylic acids is 2. The van der Waals surface area contributed by atoms with Crippen molar-refractivity contribution < 1.29 is 18.0 Å². The van der Waals surface area contributed by atoms with Crippen LogP contribution in [0.3, 0.4) is 0 Å². The molecule has 1 aliphatic rings. The van der Waals surface area contributed by atoms with Gasteiger partial charge in [0.15, 0.2) is 0 Å². The number of hydrogen-bond donors (Lipinski definition) is 3. The van der Waals surface area contributed by atoms with Crippen LogP contribution in [0.4, 0.5) is 16.2 Å². The number of amides is 3. The summed E-state index contributed by atoms with van der Waals surface area (Å²) in [7, 11) is -3.73. The topological polar surface area (TPSA) is 108 Å². The minimum atomic E-state index is -3.73. The molecule has 0 aromatic heterocycles. The summed E-state index contributed by atoms with van der Waals surface area (Å²) >= 11 is 0. The van der Waals surface area contributed by atoms with Crippen LogP contribution in [-0.4, -0.2) is 44.9 Å². The zero-order chi connectivity index (χ0) is 23.0. The fraction of sp³-hybridized carbons (Fsp3) is 0.304. The summed E-state index contributed by atoms with van der Waals surface area (Å²) in [6.07, 6.45) is 5.78. The van der Waals surface area contributed by atoms with E-state index in [2.05, 4.69) is 21.9 Å². The highest BCUT2D eigenvalue weighted by Gasteiger charge is 2.17. The third-order valence-electron chi connectivity index (χ3n) is 5.11. The maximum absolute atomic E-state index is 12.6. The predicted octanol–water partition coefficient (Wildman–Crippen LogP) is 3.81. The van der Waals surface area contributed by atoms with E-state index in [1.54, 1.807) is 24.3 Å². The number of rotatable bonds is 7. The lowest BCUT2D eigenvalue weighted by Gasteiger charge is -2.20. The molecule has 0 spiro atoms. The van der Waals surface area contributed by atoms with Crippen molar-refractivity contribution in [3.05, 3.63) is 66.7 Å². The van der Waals surface area contributed by atoms with Gasteiger partial charge in [0, 0.05) is 36.6 Å². The average molecular weight is 457 g/mol. The van der Waals surface area contributed by atoms with Gasteiger partial charge >= 0.3 is 6.03 Å². The molecule has 170 valence electrons. The van der Waals surface area contributed by atoms with Gasteiger partial charge in [0.2, 0.25) is 10.0 Å². The first-order valence-corrected chi connectivity index (χ1v) is 12.1. The van der Waals surface area contributed by atoms with Crippen molar-refractivity contribution in [1.82, 2.24) is 9.62 Å². The molecule has 1 heterocycles. The van der Waals surface area contributed by atoms with Crippen LogP contribution in [0.1, 0.15) is 36.0 Å². The van der Waals surface area contributed by atoms with Crippen LogP contribution in [0, 0.1) is 0 Å². The van der Waals surface area contributed by atoms with Gasteiger partial charge in [0.25, 0.3) is 5.91 Å². The van der Waals surface area contributed by atoms with Crippen LogP contribution >= 0.6 is 0 Å². The normalized spacial score (nSPS) is 14.3. The van der Waals surface area contributed by atoms with E-state index < -0.39 is 15.9 Å². The summed E-state index contributed by atoms with van der Waals surface area (Å²) in [5.41, 5.74) is 1.38. The molecule has 1 saturated heterocycles. The van der Waals surface area contributed by atoms with Gasteiger partial charge < -0.3 is 15.5 Å². The highest BCUT2D eigenvalue weighted by Crippen LogP contribution is 2.18. The van der Waals surface area contributed by atoms with E-state index in [-0.39, 0.29) is 23.0 Å². The number of nitrogens with one attached hydrogen (secondary N) is 3. The maximum atomic E-state index is 12.6. The van der Waals surface area contributed by atoms with E-state index >= 15 is 0 Å². The monoisotopic (exact) mass is 456 g/mol. The molecule has 2 aromatic carbocycles. The van der Waals surface area contributed by atoms with Crippen molar-refractivity contribution in [2.75, 3.05) is 30.3 Å². The Bertz CT molecular complexity index is 1060. The third-order valence-corrected chi connectivity index (χ3v) is 6.53. The Morgan fingerprint density at radius 3 is 2.19 bits per heavy atom. The lowest BCUT2D eigenvalue weighted by molar-refractivity contribution is 0.102. The van der Waals surface area contributed by atoms with Crippen molar-refractivity contribution in [3.8, 4) is 0 Å². The number of sulfonamides is 1. The SMILES string of the molecule is C=CCNS(=O)(=O)c1cccc(C(=O)Nc2ccc(NC(=O)N3CCCCCC3)cc2)c1.